The van der Waals surface area contributed by atoms with Crippen molar-refractivity contribution in [1.82, 2.24) is 10.6 Å². The zero-order valence-electron chi connectivity index (χ0n) is 17.6. The maximum atomic E-state index is 12.5. The summed E-state index contributed by atoms with van der Waals surface area (Å²) in [5.74, 6) is -1.04. The molecule has 0 fully saturated rings. The smallest absolute Gasteiger partial charge is 0.338 e. The molecule has 1 atom stereocenters. The van der Waals surface area contributed by atoms with E-state index in [0.717, 1.165) is 22.1 Å². The number of benzene rings is 1. The zero-order chi connectivity index (χ0) is 21.8. The van der Waals surface area contributed by atoms with Gasteiger partial charge in [-0.1, -0.05) is 6.92 Å². The molecule has 2 heterocycles. The van der Waals surface area contributed by atoms with Crippen LogP contribution >= 0.6 is 0 Å². The highest BCUT2D eigenvalue weighted by atomic mass is 16.5. The van der Waals surface area contributed by atoms with Crippen LogP contribution in [0.15, 0.2) is 34.1 Å². The monoisotopic (exact) mass is 414 g/mol. The number of urea groups is 1. The molecule has 0 unspecified atom stereocenters. The Morgan fingerprint density at radius 2 is 1.87 bits per heavy atom. The van der Waals surface area contributed by atoms with E-state index in [1.165, 1.54) is 0 Å². The molecule has 1 aromatic heterocycles. The molecule has 0 aliphatic carbocycles. The van der Waals surface area contributed by atoms with Gasteiger partial charge in [0.15, 0.2) is 0 Å². The molecule has 160 valence electrons. The van der Waals surface area contributed by atoms with Crippen molar-refractivity contribution in [2.24, 2.45) is 0 Å². The quantitative estimate of drug-likeness (QED) is 0.675. The van der Waals surface area contributed by atoms with Gasteiger partial charge >= 0.3 is 18.0 Å². The molecule has 1 aromatic carbocycles. The number of carbonyl (C=O) groups is 3. The molecule has 1 aliphatic rings. The number of carbonyl (C=O) groups excluding carboxylic acids is 3. The summed E-state index contributed by atoms with van der Waals surface area (Å²) >= 11 is 0. The summed E-state index contributed by atoms with van der Waals surface area (Å²) in [4.78, 5) is 36.7. The molecular weight excluding hydrogens is 388 g/mol. The number of esters is 2. The van der Waals surface area contributed by atoms with E-state index in [2.05, 4.69) is 10.6 Å². The summed E-state index contributed by atoms with van der Waals surface area (Å²) < 4.78 is 16.0. The molecule has 2 aromatic rings. The van der Waals surface area contributed by atoms with Gasteiger partial charge in [-0.2, -0.15) is 0 Å². The number of hydrogen-bond donors (Lipinski definition) is 2. The number of ether oxygens (including phenoxy) is 2. The first-order valence-corrected chi connectivity index (χ1v) is 9.94. The number of aryl methyl sites for hydroxylation is 2. The molecule has 0 bridgehead atoms. The van der Waals surface area contributed by atoms with E-state index in [9.17, 15) is 14.4 Å². The molecule has 1 aliphatic heterocycles. The molecular formula is C22H26N2O6. The van der Waals surface area contributed by atoms with Crippen LogP contribution < -0.4 is 10.6 Å². The van der Waals surface area contributed by atoms with E-state index in [1.807, 2.05) is 32.9 Å². The Labute approximate surface area is 174 Å². The highest BCUT2D eigenvalue weighted by Crippen LogP contribution is 2.25. The third-order valence-electron chi connectivity index (χ3n) is 5.13. The summed E-state index contributed by atoms with van der Waals surface area (Å²) in [6.07, 6.45) is 2.06. The Kier molecular flexibility index (Phi) is 6.44. The molecule has 8 nitrogen and oxygen atoms in total. The van der Waals surface area contributed by atoms with Gasteiger partial charge in [-0.3, -0.25) is 4.79 Å². The average molecular weight is 414 g/mol. The van der Waals surface area contributed by atoms with Gasteiger partial charge < -0.3 is 24.5 Å². The maximum Gasteiger partial charge on any atom is 0.338 e. The number of nitrogens with one attached hydrogen (secondary N) is 2. The molecule has 0 saturated heterocycles. The van der Waals surface area contributed by atoms with Gasteiger partial charge in [0.05, 0.1) is 36.6 Å². The first-order chi connectivity index (χ1) is 14.3. The molecule has 2 amide bonds. The third-order valence-corrected chi connectivity index (χ3v) is 5.13. The Bertz CT molecular complexity index is 1020. The fourth-order valence-corrected chi connectivity index (χ4v) is 3.41. The number of hydrogen-bond acceptors (Lipinski definition) is 6. The largest absolute Gasteiger partial charge is 0.464 e. The average Bonchev–Trinajstić information content (AvgIpc) is 3.07. The minimum absolute atomic E-state index is 0.0148. The lowest BCUT2D eigenvalue weighted by Crippen LogP contribution is -2.51. The molecule has 0 saturated carbocycles. The van der Waals surface area contributed by atoms with Crippen LogP contribution in [0.5, 0.6) is 0 Å². The summed E-state index contributed by atoms with van der Waals surface area (Å²) in [6.45, 7) is 7.50. The lowest BCUT2D eigenvalue weighted by molar-refractivity contribution is -0.143. The summed E-state index contributed by atoms with van der Waals surface area (Å²) in [6, 6.07) is 2.96. The highest BCUT2D eigenvalue weighted by molar-refractivity contribution is 5.95. The van der Waals surface area contributed by atoms with Crippen molar-refractivity contribution in [3.05, 3.63) is 46.4 Å². The topological polar surface area (TPSA) is 107 Å². The van der Waals surface area contributed by atoms with Crippen LogP contribution in [0, 0.1) is 13.8 Å². The van der Waals surface area contributed by atoms with E-state index in [4.69, 9.17) is 13.9 Å². The Morgan fingerprint density at radius 3 is 2.57 bits per heavy atom. The zero-order valence-corrected chi connectivity index (χ0v) is 17.6. The van der Waals surface area contributed by atoms with E-state index >= 15 is 0 Å². The number of amides is 2. The van der Waals surface area contributed by atoms with Crippen LogP contribution in [0.4, 0.5) is 4.79 Å². The standard InChI is InChI=1S/C22H26N2O6/c1-5-16-20(21(26)28-6-2)17(24-22(27)23-16)11-30-19(25)9-14-10-29-18-8-13(4)12(3)7-15(14)18/h7-8,10,16H,5-6,9,11H2,1-4H3,(H2,23,24,27)/t16-/m0/s1. The van der Waals surface area contributed by atoms with Crippen molar-refractivity contribution in [1.29, 1.82) is 0 Å². The van der Waals surface area contributed by atoms with Crippen LogP contribution in [0.1, 0.15) is 37.0 Å². The minimum atomic E-state index is -0.547. The maximum absolute atomic E-state index is 12.5. The second-order valence-electron chi connectivity index (χ2n) is 7.20. The summed E-state index contributed by atoms with van der Waals surface area (Å²) in [5.41, 5.74) is 4.15. The van der Waals surface area contributed by atoms with Gasteiger partial charge in [0.1, 0.15) is 12.2 Å². The van der Waals surface area contributed by atoms with Crippen LogP contribution in [-0.4, -0.2) is 37.2 Å². The molecule has 3 rings (SSSR count). The van der Waals surface area contributed by atoms with Crippen molar-refractivity contribution in [3.63, 3.8) is 0 Å². The Balaban J connectivity index is 1.75. The molecule has 8 heteroatoms. The lowest BCUT2D eigenvalue weighted by atomic mass is 10.0. The van der Waals surface area contributed by atoms with Crippen molar-refractivity contribution in [2.45, 2.75) is 46.6 Å². The SMILES string of the molecule is CCOC(=O)C1=C(COC(=O)Cc2coc3cc(C)c(C)cc23)NC(=O)N[C@H]1CC. The predicted octanol–water partition coefficient (Wildman–Crippen LogP) is 3.04. The number of fused-ring (bicyclic) bond motifs is 1. The van der Waals surface area contributed by atoms with Crippen LogP contribution in [-0.2, 0) is 25.5 Å². The van der Waals surface area contributed by atoms with Gasteiger partial charge in [-0.15, -0.1) is 0 Å². The van der Waals surface area contributed by atoms with Gasteiger partial charge in [-0.25, -0.2) is 9.59 Å². The van der Waals surface area contributed by atoms with Gasteiger partial charge in [0.25, 0.3) is 0 Å². The van der Waals surface area contributed by atoms with Crippen molar-refractivity contribution >= 4 is 28.9 Å². The van der Waals surface area contributed by atoms with Gasteiger partial charge in [-0.05, 0) is 50.5 Å². The Hall–Kier alpha value is -3.29. The van der Waals surface area contributed by atoms with E-state index < -0.39 is 24.0 Å². The fraction of sp³-hybridized carbons (Fsp3) is 0.409. The highest BCUT2D eigenvalue weighted by Gasteiger charge is 2.32. The van der Waals surface area contributed by atoms with Crippen molar-refractivity contribution in [3.8, 4) is 0 Å². The number of rotatable bonds is 7. The van der Waals surface area contributed by atoms with Crippen LogP contribution in [0.3, 0.4) is 0 Å². The van der Waals surface area contributed by atoms with E-state index in [-0.39, 0.29) is 30.9 Å². The fourth-order valence-electron chi connectivity index (χ4n) is 3.41. The molecule has 2 N–H and O–H groups in total. The molecule has 0 radical (unpaired) electrons. The minimum Gasteiger partial charge on any atom is -0.464 e. The van der Waals surface area contributed by atoms with Crippen LogP contribution in [0.2, 0.25) is 0 Å². The van der Waals surface area contributed by atoms with Gasteiger partial charge in [0.2, 0.25) is 0 Å². The summed E-state index contributed by atoms with van der Waals surface area (Å²) in [7, 11) is 0. The normalized spacial score (nSPS) is 16.3. The molecule has 30 heavy (non-hydrogen) atoms. The van der Waals surface area contributed by atoms with E-state index in [1.54, 1.807) is 13.2 Å². The first-order valence-electron chi connectivity index (χ1n) is 9.94. The number of furan rings is 1. The van der Waals surface area contributed by atoms with Crippen molar-refractivity contribution < 1.29 is 28.3 Å². The van der Waals surface area contributed by atoms with E-state index in [0.29, 0.717) is 12.0 Å². The molecule has 0 spiro atoms. The summed E-state index contributed by atoms with van der Waals surface area (Å²) in [5, 5.41) is 6.10. The van der Waals surface area contributed by atoms with Gasteiger partial charge in [0, 0.05) is 10.9 Å². The van der Waals surface area contributed by atoms with Crippen molar-refractivity contribution in [2.75, 3.05) is 13.2 Å². The third kappa shape index (κ3) is 4.48. The lowest BCUT2D eigenvalue weighted by Gasteiger charge is -2.28. The predicted molar refractivity (Wildman–Crippen MR) is 110 cm³/mol. The second-order valence-corrected chi connectivity index (χ2v) is 7.20. The van der Waals surface area contributed by atoms with Crippen LogP contribution in [0.25, 0.3) is 11.0 Å². The Morgan fingerprint density at radius 1 is 1.13 bits per heavy atom. The first kappa shape index (κ1) is 21.4. The second kappa shape index (κ2) is 9.02.